The highest BCUT2D eigenvalue weighted by atomic mass is 32.1. The first-order chi connectivity index (χ1) is 16.2. The average Bonchev–Trinajstić information content (AvgIpc) is 3.47. The third kappa shape index (κ3) is 3.00. The van der Waals surface area contributed by atoms with Crippen LogP contribution in [-0.4, -0.2) is 28.7 Å². The zero-order valence-electron chi connectivity index (χ0n) is 17.7. The van der Waals surface area contributed by atoms with E-state index in [9.17, 15) is 9.59 Å². The van der Waals surface area contributed by atoms with E-state index in [4.69, 9.17) is 0 Å². The Labute approximate surface area is 191 Å². The van der Waals surface area contributed by atoms with E-state index < -0.39 is 0 Å². The summed E-state index contributed by atoms with van der Waals surface area (Å²) in [4.78, 5) is 31.7. The fourth-order valence-corrected chi connectivity index (χ4v) is 5.22. The Balaban J connectivity index is 1.51. The number of fused-ring (bicyclic) bond motifs is 4. The van der Waals surface area contributed by atoms with Crippen molar-refractivity contribution in [3.8, 4) is 10.4 Å². The molecule has 0 aliphatic carbocycles. The number of rotatable bonds is 4. The predicted molar refractivity (Wildman–Crippen MR) is 129 cm³/mol. The number of aryl methyl sites for hydroxylation is 1. The lowest BCUT2D eigenvalue weighted by atomic mass is 10.2. The van der Waals surface area contributed by atoms with E-state index in [0.29, 0.717) is 39.3 Å². The average molecular weight is 455 g/mol. The van der Waals surface area contributed by atoms with Gasteiger partial charge in [0.2, 0.25) is 5.78 Å². The molecule has 0 N–H and O–H groups in total. The smallest absolute Gasteiger partial charge is 0.271 e. The molecule has 9 heteroatoms. The molecule has 33 heavy (non-hydrogen) atoms. The van der Waals surface area contributed by atoms with Crippen molar-refractivity contribution < 1.29 is 0 Å². The van der Waals surface area contributed by atoms with Gasteiger partial charge in [-0.3, -0.25) is 23.1 Å². The molecule has 162 valence electrons. The molecule has 0 spiro atoms. The minimum Gasteiger partial charge on any atom is -0.290 e. The van der Waals surface area contributed by atoms with Crippen molar-refractivity contribution in [3.63, 3.8) is 0 Å². The van der Waals surface area contributed by atoms with Crippen molar-refractivity contribution in [1.29, 1.82) is 0 Å². The van der Waals surface area contributed by atoms with Crippen LogP contribution in [0.3, 0.4) is 0 Å². The number of hydrogen-bond acceptors (Lipinski definition) is 6. The Morgan fingerprint density at radius 3 is 2.55 bits per heavy atom. The molecule has 0 aliphatic heterocycles. The normalized spacial score (nSPS) is 11.7. The van der Waals surface area contributed by atoms with Crippen LogP contribution in [0.15, 0.2) is 76.6 Å². The summed E-state index contributed by atoms with van der Waals surface area (Å²) in [5.74, 6) is 1.02. The van der Waals surface area contributed by atoms with Crippen LogP contribution in [-0.2, 0) is 13.1 Å². The van der Waals surface area contributed by atoms with Gasteiger partial charge in [0, 0.05) is 11.4 Å². The van der Waals surface area contributed by atoms with Crippen LogP contribution < -0.4 is 11.1 Å². The first kappa shape index (κ1) is 19.6. The standard InChI is InChI=1S/C24H18N6O2S/c1-2-29-22(31)16-10-6-7-11-18(16)30-20(26-27-24(29)30)13-28-14-25-17-12-19(33-21(17)23(28)32)15-8-4-3-5-9-15/h3-12,14H,2,13H2,1H3. The number of para-hydroxylation sites is 1. The van der Waals surface area contributed by atoms with E-state index in [0.717, 1.165) is 10.4 Å². The van der Waals surface area contributed by atoms with E-state index in [1.165, 1.54) is 11.3 Å². The van der Waals surface area contributed by atoms with Crippen LogP contribution in [0.25, 0.3) is 37.3 Å². The molecule has 6 rings (SSSR count). The zero-order valence-corrected chi connectivity index (χ0v) is 18.5. The van der Waals surface area contributed by atoms with E-state index in [2.05, 4.69) is 15.2 Å². The van der Waals surface area contributed by atoms with Crippen LogP contribution in [0.2, 0.25) is 0 Å². The summed E-state index contributed by atoms with van der Waals surface area (Å²) >= 11 is 1.43. The summed E-state index contributed by atoms with van der Waals surface area (Å²) in [5, 5.41) is 9.19. The molecule has 0 aliphatic rings. The Hall–Kier alpha value is -4.11. The fourth-order valence-electron chi connectivity index (χ4n) is 4.16. The number of nitrogens with zero attached hydrogens (tertiary/aromatic N) is 6. The lowest BCUT2D eigenvalue weighted by Gasteiger charge is -2.10. The second kappa shape index (κ2) is 7.49. The maximum Gasteiger partial charge on any atom is 0.271 e. The van der Waals surface area contributed by atoms with Gasteiger partial charge in [-0.25, -0.2) is 4.98 Å². The predicted octanol–water partition coefficient (Wildman–Crippen LogP) is 3.55. The summed E-state index contributed by atoms with van der Waals surface area (Å²) in [5.41, 5.74) is 2.21. The highest BCUT2D eigenvalue weighted by Crippen LogP contribution is 2.30. The van der Waals surface area contributed by atoms with Gasteiger partial charge >= 0.3 is 0 Å². The third-order valence-corrected chi connectivity index (χ3v) is 6.93. The summed E-state index contributed by atoms with van der Waals surface area (Å²) in [6, 6.07) is 19.3. The molecule has 0 fully saturated rings. The molecule has 0 atom stereocenters. The molecule has 0 amide bonds. The zero-order chi connectivity index (χ0) is 22.5. The van der Waals surface area contributed by atoms with Gasteiger partial charge in [0.15, 0.2) is 5.82 Å². The third-order valence-electron chi connectivity index (χ3n) is 5.77. The van der Waals surface area contributed by atoms with E-state index in [1.807, 2.05) is 65.9 Å². The number of aromatic nitrogens is 6. The van der Waals surface area contributed by atoms with E-state index in [-0.39, 0.29) is 17.7 Å². The maximum atomic E-state index is 13.3. The van der Waals surface area contributed by atoms with Crippen molar-refractivity contribution in [2.45, 2.75) is 20.0 Å². The Morgan fingerprint density at radius 2 is 1.73 bits per heavy atom. The Kier molecular flexibility index (Phi) is 4.44. The van der Waals surface area contributed by atoms with Gasteiger partial charge < -0.3 is 0 Å². The molecular weight excluding hydrogens is 436 g/mol. The van der Waals surface area contributed by atoms with Crippen molar-refractivity contribution in [3.05, 3.63) is 93.5 Å². The molecule has 0 saturated carbocycles. The van der Waals surface area contributed by atoms with Crippen molar-refractivity contribution in [2.24, 2.45) is 0 Å². The van der Waals surface area contributed by atoms with E-state index >= 15 is 0 Å². The minimum atomic E-state index is -0.128. The summed E-state index contributed by atoms with van der Waals surface area (Å²) in [6.07, 6.45) is 1.55. The van der Waals surface area contributed by atoms with Crippen LogP contribution >= 0.6 is 11.3 Å². The minimum absolute atomic E-state index is 0.105. The van der Waals surface area contributed by atoms with E-state index in [1.54, 1.807) is 21.5 Å². The van der Waals surface area contributed by atoms with Gasteiger partial charge in [-0.15, -0.1) is 21.5 Å². The molecule has 4 heterocycles. The Morgan fingerprint density at radius 1 is 0.939 bits per heavy atom. The monoisotopic (exact) mass is 454 g/mol. The van der Waals surface area contributed by atoms with Gasteiger partial charge in [0.1, 0.15) is 4.70 Å². The molecule has 0 unspecified atom stereocenters. The number of benzene rings is 2. The van der Waals surface area contributed by atoms with Crippen molar-refractivity contribution >= 4 is 38.2 Å². The lowest BCUT2D eigenvalue weighted by Crippen LogP contribution is -2.24. The van der Waals surface area contributed by atoms with Gasteiger partial charge in [-0.1, -0.05) is 42.5 Å². The molecule has 4 aromatic heterocycles. The largest absolute Gasteiger partial charge is 0.290 e. The Bertz CT molecular complexity index is 1780. The van der Waals surface area contributed by atoms with Crippen LogP contribution in [0.1, 0.15) is 12.7 Å². The number of hydrogen-bond donors (Lipinski definition) is 0. The summed E-state index contributed by atoms with van der Waals surface area (Å²) in [6.45, 7) is 2.55. The first-order valence-electron chi connectivity index (χ1n) is 10.6. The maximum absolute atomic E-state index is 13.3. The molecule has 0 saturated heterocycles. The van der Waals surface area contributed by atoms with Crippen LogP contribution in [0, 0.1) is 0 Å². The summed E-state index contributed by atoms with van der Waals surface area (Å²) in [7, 11) is 0. The van der Waals surface area contributed by atoms with Gasteiger partial charge in [0.25, 0.3) is 11.1 Å². The van der Waals surface area contributed by atoms with Crippen LogP contribution in [0.4, 0.5) is 0 Å². The second-order valence-electron chi connectivity index (χ2n) is 7.69. The molecular formula is C24H18N6O2S. The highest BCUT2D eigenvalue weighted by molar-refractivity contribution is 7.22. The molecule has 0 bridgehead atoms. The highest BCUT2D eigenvalue weighted by Gasteiger charge is 2.17. The molecule has 8 nitrogen and oxygen atoms in total. The van der Waals surface area contributed by atoms with Crippen LogP contribution in [0.5, 0.6) is 0 Å². The topological polar surface area (TPSA) is 87.1 Å². The van der Waals surface area contributed by atoms with Gasteiger partial charge in [-0.05, 0) is 30.7 Å². The van der Waals surface area contributed by atoms with Gasteiger partial charge in [-0.2, -0.15) is 0 Å². The first-order valence-corrected chi connectivity index (χ1v) is 11.4. The van der Waals surface area contributed by atoms with Crippen molar-refractivity contribution in [1.82, 2.24) is 28.7 Å². The van der Waals surface area contributed by atoms with Crippen molar-refractivity contribution in [2.75, 3.05) is 0 Å². The molecule has 2 aromatic carbocycles. The fraction of sp³-hybridized carbons (Fsp3) is 0.125. The summed E-state index contributed by atoms with van der Waals surface area (Å²) < 4.78 is 5.58. The molecule has 0 radical (unpaired) electrons. The SMILES string of the molecule is CCn1c(=O)c2ccccc2n2c(Cn3cnc4cc(-c5ccccc5)sc4c3=O)nnc12. The molecule has 6 aromatic rings. The van der Waals surface area contributed by atoms with Gasteiger partial charge in [0.05, 0.1) is 29.3 Å². The number of thiophene rings is 1. The second-order valence-corrected chi connectivity index (χ2v) is 8.74. The quantitative estimate of drug-likeness (QED) is 0.407. The lowest BCUT2D eigenvalue weighted by molar-refractivity contribution is 0.698.